The van der Waals surface area contributed by atoms with Gasteiger partial charge in [-0.05, 0) is 45.4 Å². The number of nitrogens with one attached hydrogen (secondary N) is 2. The van der Waals surface area contributed by atoms with Crippen LogP contribution in [0.3, 0.4) is 0 Å². The summed E-state index contributed by atoms with van der Waals surface area (Å²) < 4.78 is 5.54. The molecule has 1 aliphatic heterocycles. The van der Waals surface area contributed by atoms with E-state index >= 15 is 0 Å². The average Bonchev–Trinajstić information content (AvgIpc) is 2.43. The van der Waals surface area contributed by atoms with Crippen molar-refractivity contribution in [1.82, 2.24) is 10.6 Å². The van der Waals surface area contributed by atoms with Gasteiger partial charge in [0, 0.05) is 22.7 Å². The zero-order valence-corrected chi connectivity index (χ0v) is 13.9. The second-order valence-electron chi connectivity index (χ2n) is 5.21. The Morgan fingerprint density at radius 3 is 3.00 bits per heavy atom. The first-order chi connectivity index (χ1) is 9.58. The summed E-state index contributed by atoms with van der Waals surface area (Å²) in [4.78, 5) is 11.9. The number of amides is 1. The van der Waals surface area contributed by atoms with Crippen molar-refractivity contribution in [3.63, 3.8) is 0 Å². The number of ether oxygens (including phenoxy) is 1. The highest BCUT2D eigenvalue weighted by atomic mass is 35.5. The van der Waals surface area contributed by atoms with Crippen LogP contribution in [0.4, 0.5) is 0 Å². The van der Waals surface area contributed by atoms with Gasteiger partial charge in [-0.15, -0.1) is 12.4 Å². The predicted octanol–water partition coefficient (Wildman–Crippen LogP) is 2.71. The minimum atomic E-state index is -0.0927. The maximum absolute atomic E-state index is 11.9. The number of carbonyl (C=O) groups excluding carboxylic acids is 1. The molecule has 2 rings (SSSR count). The summed E-state index contributed by atoms with van der Waals surface area (Å²) in [7, 11) is 0. The lowest BCUT2D eigenvalue weighted by atomic mass is 10.00. The third kappa shape index (κ3) is 5.06. The van der Waals surface area contributed by atoms with E-state index in [2.05, 4.69) is 17.6 Å². The summed E-state index contributed by atoms with van der Waals surface area (Å²) >= 11 is 6.02. The maximum Gasteiger partial charge on any atom is 0.258 e. The highest BCUT2D eigenvalue weighted by molar-refractivity contribution is 6.31. The molecule has 1 fully saturated rings. The Balaban J connectivity index is 0.00000220. The van der Waals surface area contributed by atoms with Gasteiger partial charge in [-0.2, -0.15) is 0 Å². The van der Waals surface area contributed by atoms with Gasteiger partial charge in [0.05, 0.1) is 0 Å². The molecule has 1 saturated heterocycles. The molecule has 0 radical (unpaired) electrons. The van der Waals surface area contributed by atoms with Crippen molar-refractivity contribution in [1.29, 1.82) is 0 Å². The molecule has 0 aliphatic carbocycles. The Bertz CT molecular complexity index is 483. The number of piperidine rings is 1. The van der Waals surface area contributed by atoms with E-state index in [1.807, 2.05) is 19.1 Å². The number of hydrogen-bond donors (Lipinski definition) is 2. The summed E-state index contributed by atoms with van der Waals surface area (Å²) in [5.74, 6) is 0.562. The SMILES string of the molecule is Cc1c(Cl)cccc1OCC(=O)NC1CCCNC1C.Cl. The van der Waals surface area contributed by atoms with Crippen LogP contribution in [0.2, 0.25) is 5.02 Å². The summed E-state index contributed by atoms with van der Waals surface area (Å²) in [5.41, 5.74) is 0.856. The van der Waals surface area contributed by atoms with Gasteiger partial charge in [0.15, 0.2) is 6.61 Å². The molecule has 21 heavy (non-hydrogen) atoms. The van der Waals surface area contributed by atoms with Crippen LogP contribution in [-0.4, -0.2) is 31.1 Å². The molecule has 0 bridgehead atoms. The second kappa shape index (κ2) is 8.47. The topological polar surface area (TPSA) is 50.4 Å². The van der Waals surface area contributed by atoms with E-state index in [-0.39, 0.29) is 31.0 Å². The van der Waals surface area contributed by atoms with E-state index in [0.717, 1.165) is 24.9 Å². The normalized spacial score (nSPS) is 21.3. The van der Waals surface area contributed by atoms with Crippen LogP contribution in [0.1, 0.15) is 25.3 Å². The monoisotopic (exact) mass is 332 g/mol. The number of carbonyl (C=O) groups is 1. The Morgan fingerprint density at radius 1 is 1.52 bits per heavy atom. The van der Waals surface area contributed by atoms with Gasteiger partial charge in [-0.1, -0.05) is 17.7 Å². The third-order valence-electron chi connectivity index (χ3n) is 3.68. The molecule has 6 heteroatoms. The van der Waals surface area contributed by atoms with Gasteiger partial charge in [-0.25, -0.2) is 0 Å². The molecule has 2 N–H and O–H groups in total. The smallest absolute Gasteiger partial charge is 0.258 e. The number of halogens is 2. The molecule has 1 heterocycles. The molecular formula is C15H22Cl2N2O2. The van der Waals surface area contributed by atoms with Gasteiger partial charge in [0.25, 0.3) is 5.91 Å². The summed E-state index contributed by atoms with van der Waals surface area (Å²) in [6.45, 7) is 5.00. The lowest BCUT2D eigenvalue weighted by molar-refractivity contribution is -0.124. The molecule has 1 amide bonds. The molecule has 1 aromatic rings. The van der Waals surface area contributed by atoms with Crippen molar-refractivity contribution >= 4 is 29.9 Å². The highest BCUT2D eigenvalue weighted by Crippen LogP contribution is 2.24. The van der Waals surface area contributed by atoms with Crippen LogP contribution in [0.15, 0.2) is 18.2 Å². The maximum atomic E-state index is 11.9. The summed E-state index contributed by atoms with van der Waals surface area (Å²) in [6, 6.07) is 5.93. The second-order valence-corrected chi connectivity index (χ2v) is 5.62. The summed E-state index contributed by atoms with van der Waals surface area (Å²) in [5, 5.41) is 7.01. The first kappa shape index (κ1) is 18.1. The van der Waals surface area contributed by atoms with Gasteiger partial charge in [0.1, 0.15) is 5.75 Å². The minimum absolute atomic E-state index is 0. The van der Waals surface area contributed by atoms with Crippen LogP contribution >= 0.6 is 24.0 Å². The van der Waals surface area contributed by atoms with Crippen LogP contribution in [0, 0.1) is 6.92 Å². The van der Waals surface area contributed by atoms with Gasteiger partial charge < -0.3 is 15.4 Å². The largest absolute Gasteiger partial charge is 0.483 e. The zero-order valence-electron chi connectivity index (χ0n) is 12.3. The van der Waals surface area contributed by atoms with Crippen molar-refractivity contribution in [2.24, 2.45) is 0 Å². The Labute approximate surface area is 137 Å². The van der Waals surface area contributed by atoms with Crippen LogP contribution < -0.4 is 15.4 Å². The van der Waals surface area contributed by atoms with Crippen molar-refractivity contribution in [2.45, 2.75) is 38.8 Å². The van der Waals surface area contributed by atoms with Gasteiger partial charge in [-0.3, -0.25) is 4.79 Å². The summed E-state index contributed by atoms with van der Waals surface area (Å²) in [6.07, 6.45) is 2.10. The lowest BCUT2D eigenvalue weighted by Crippen LogP contribution is -2.52. The van der Waals surface area contributed by atoms with Crippen molar-refractivity contribution in [3.8, 4) is 5.75 Å². The number of benzene rings is 1. The third-order valence-corrected chi connectivity index (χ3v) is 4.09. The van der Waals surface area contributed by atoms with Crippen molar-refractivity contribution in [3.05, 3.63) is 28.8 Å². The fourth-order valence-electron chi connectivity index (χ4n) is 2.38. The molecule has 2 atom stereocenters. The molecule has 1 aliphatic rings. The molecule has 0 saturated carbocycles. The fourth-order valence-corrected chi connectivity index (χ4v) is 2.54. The van der Waals surface area contributed by atoms with Crippen LogP contribution in [-0.2, 0) is 4.79 Å². The molecule has 1 aromatic carbocycles. The quantitative estimate of drug-likeness (QED) is 0.891. The van der Waals surface area contributed by atoms with Crippen LogP contribution in [0.5, 0.6) is 5.75 Å². The van der Waals surface area contributed by atoms with E-state index < -0.39 is 0 Å². The predicted molar refractivity (Wildman–Crippen MR) is 87.6 cm³/mol. The van der Waals surface area contributed by atoms with Crippen molar-refractivity contribution in [2.75, 3.05) is 13.2 Å². The van der Waals surface area contributed by atoms with Crippen molar-refractivity contribution < 1.29 is 9.53 Å². The Hall–Kier alpha value is -0.970. The molecule has 0 aromatic heterocycles. The molecular weight excluding hydrogens is 311 g/mol. The molecule has 4 nitrogen and oxygen atoms in total. The van der Waals surface area contributed by atoms with E-state index in [9.17, 15) is 4.79 Å². The highest BCUT2D eigenvalue weighted by Gasteiger charge is 2.22. The average molecular weight is 333 g/mol. The van der Waals surface area contributed by atoms with Crippen LogP contribution in [0.25, 0.3) is 0 Å². The van der Waals surface area contributed by atoms with E-state index in [0.29, 0.717) is 16.8 Å². The number of hydrogen-bond acceptors (Lipinski definition) is 3. The fraction of sp³-hybridized carbons (Fsp3) is 0.533. The first-order valence-corrected chi connectivity index (χ1v) is 7.36. The first-order valence-electron chi connectivity index (χ1n) is 6.98. The minimum Gasteiger partial charge on any atom is -0.483 e. The van der Waals surface area contributed by atoms with Gasteiger partial charge in [0.2, 0.25) is 0 Å². The molecule has 118 valence electrons. The molecule has 0 spiro atoms. The lowest BCUT2D eigenvalue weighted by Gasteiger charge is -2.30. The van der Waals surface area contributed by atoms with E-state index in [1.165, 1.54) is 0 Å². The standard InChI is InChI=1S/C15H21ClN2O2.ClH/c1-10-12(16)5-3-7-14(10)20-9-15(19)18-13-6-4-8-17-11(13)2;/h3,5,7,11,13,17H,4,6,8-9H2,1-2H3,(H,18,19);1H. The Morgan fingerprint density at radius 2 is 2.29 bits per heavy atom. The molecule has 2 unspecified atom stereocenters. The zero-order chi connectivity index (χ0) is 14.5. The van der Waals surface area contributed by atoms with Gasteiger partial charge >= 0.3 is 0 Å². The number of rotatable bonds is 4. The van der Waals surface area contributed by atoms with E-state index in [4.69, 9.17) is 16.3 Å². The Kier molecular flexibility index (Phi) is 7.29. The van der Waals surface area contributed by atoms with E-state index in [1.54, 1.807) is 6.07 Å².